The minimum Gasteiger partial charge on any atom is -0.346 e. The highest BCUT2D eigenvalue weighted by Crippen LogP contribution is 2.25. The van der Waals surface area contributed by atoms with E-state index in [1.807, 2.05) is 11.9 Å². The maximum absolute atomic E-state index is 12.7. The van der Waals surface area contributed by atoms with Gasteiger partial charge in [-0.25, -0.2) is 0 Å². The first-order valence-electron chi connectivity index (χ1n) is 7.68. The Morgan fingerprint density at radius 1 is 1.25 bits per heavy atom. The Labute approximate surface area is 121 Å². The number of carbonyl (C=O) groups excluding carboxylic acids is 2. The van der Waals surface area contributed by atoms with Crippen LogP contribution in [0, 0.1) is 5.92 Å². The molecule has 2 fully saturated rings. The Morgan fingerprint density at radius 3 is 2.65 bits per heavy atom. The summed E-state index contributed by atoms with van der Waals surface area (Å²) in [7, 11) is 5.92. The van der Waals surface area contributed by atoms with Gasteiger partial charge in [-0.05, 0) is 39.8 Å². The monoisotopic (exact) mass is 281 g/mol. The second-order valence-electron chi connectivity index (χ2n) is 6.45. The molecule has 0 aromatic rings. The number of rotatable bonds is 3. The summed E-state index contributed by atoms with van der Waals surface area (Å²) in [5.74, 6) is 0.218. The van der Waals surface area contributed by atoms with Crippen LogP contribution in [0.5, 0.6) is 0 Å². The number of carbonyl (C=O) groups is 2. The van der Waals surface area contributed by atoms with E-state index in [1.165, 1.54) is 6.42 Å². The highest BCUT2D eigenvalue weighted by molar-refractivity contribution is 5.87. The van der Waals surface area contributed by atoms with Gasteiger partial charge in [0, 0.05) is 45.1 Å². The van der Waals surface area contributed by atoms with E-state index in [0.717, 1.165) is 32.4 Å². The first-order chi connectivity index (χ1) is 9.49. The van der Waals surface area contributed by atoms with Gasteiger partial charge in [-0.2, -0.15) is 0 Å². The Bertz CT molecular complexity index is 370. The van der Waals surface area contributed by atoms with Gasteiger partial charge in [0.05, 0.1) is 0 Å². The predicted molar refractivity (Wildman–Crippen MR) is 78.3 cm³/mol. The fourth-order valence-corrected chi connectivity index (χ4v) is 3.29. The molecule has 2 rings (SSSR count). The number of likely N-dealkylation sites (N-methyl/N-ethyl adjacent to an activating group) is 1. The largest absolute Gasteiger partial charge is 0.346 e. The number of amides is 2. The van der Waals surface area contributed by atoms with Gasteiger partial charge in [-0.15, -0.1) is 0 Å². The van der Waals surface area contributed by atoms with E-state index in [0.29, 0.717) is 19.0 Å². The van der Waals surface area contributed by atoms with Crippen molar-refractivity contribution in [2.75, 3.05) is 40.8 Å². The van der Waals surface area contributed by atoms with Gasteiger partial charge >= 0.3 is 0 Å². The van der Waals surface area contributed by atoms with E-state index in [1.54, 1.807) is 4.90 Å². The average molecular weight is 281 g/mol. The van der Waals surface area contributed by atoms with E-state index in [9.17, 15) is 9.59 Å². The molecular formula is C15H27N3O2. The summed E-state index contributed by atoms with van der Waals surface area (Å²) in [4.78, 5) is 30.5. The normalized spacial score (nSPS) is 28.1. The van der Waals surface area contributed by atoms with E-state index in [2.05, 4.69) is 19.0 Å². The summed E-state index contributed by atoms with van der Waals surface area (Å²) >= 11 is 0. The molecule has 0 saturated carbocycles. The van der Waals surface area contributed by atoms with Crippen molar-refractivity contribution in [2.45, 2.75) is 38.1 Å². The van der Waals surface area contributed by atoms with Crippen molar-refractivity contribution < 1.29 is 9.59 Å². The van der Waals surface area contributed by atoms with Crippen molar-refractivity contribution in [2.24, 2.45) is 5.92 Å². The van der Waals surface area contributed by atoms with Crippen LogP contribution in [0.1, 0.15) is 32.1 Å². The molecule has 0 aromatic carbocycles. The summed E-state index contributed by atoms with van der Waals surface area (Å²) in [6.07, 6.45) is 4.59. The average Bonchev–Trinajstić information content (AvgIpc) is 2.41. The minimum atomic E-state index is -0.0959. The molecule has 114 valence electrons. The van der Waals surface area contributed by atoms with Gasteiger partial charge in [-0.3, -0.25) is 9.59 Å². The van der Waals surface area contributed by atoms with Gasteiger partial charge in [0.25, 0.3) is 0 Å². The van der Waals surface area contributed by atoms with Crippen molar-refractivity contribution in [1.29, 1.82) is 0 Å². The molecule has 20 heavy (non-hydrogen) atoms. The molecule has 0 aliphatic carbocycles. The number of piperidine rings is 2. The van der Waals surface area contributed by atoms with E-state index >= 15 is 0 Å². The van der Waals surface area contributed by atoms with E-state index < -0.39 is 0 Å². The van der Waals surface area contributed by atoms with Gasteiger partial charge < -0.3 is 14.7 Å². The van der Waals surface area contributed by atoms with Gasteiger partial charge in [0.1, 0.15) is 0 Å². The first kappa shape index (κ1) is 15.3. The molecule has 0 aromatic heterocycles. The molecule has 0 N–H and O–H groups in total. The first-order valence-corrected chi connectivity index (χ1v) is 7.68. The Hall–Kier alpha value is -1.10. The molecule has 5 heteroatoms. The maximum Gasteiger partial charge on any atom is 0.226 e. The predicted octanol–water partition coefficient (Wildman–Crippen LogP) is 0.798. The number of hydrogen-bond acceptors (Lipinski definition) is 3. The topological polar surface area (TPSA) is 43.9 Å². The highest BCUT2D eigenvalue weighted by Gasteiger charge is 2.35. The van der Waals surface area contributed by atoms with Crippen molar-refractivity contribution >= 4 is 11.8 Å². The lowest BCUT2D eigenvalue weighted by atomic mass is 9.92. The summed E-state index contributed by atoms with van der Waals surface area (Å²) < 4.78 is 0. The SMILES string of the molecule is CN(C)CC1CCCCN1C(=O)C1CCN(C)C(=O)C1. The van der Waals surface area contributed by atoms with Crippen LogP contribution in [0.2, 0.25) is 0 Å². The molecular weight excluding hydrogens is 254 g/mol. The Morgan fingerprint density at radius 2 is 2.00 bits per heavy atom. The van der Waals surface area contributed by atoms with Gasteiger partial charge in [-0.1, -0.05) is 0 Å². The molecule has 2 aliphatic heterocycles. The zero-order valence-electron chi connectivity index (χ0n) is 13.0. The molecule has 2 aliphatic rings. The smallest absolute Gasteiger partial charge is 0.226 e. The van der Waals surface area contributed by atoms with Crippen LogP contribution >= 0.6 is 0 Å². The van der Waals surface area contributed by atoms with Crippen LogP contribution in [0.25, 0.3) is 0 Å². The number of hydrogen-bond donors (Lipinski definition) is 0. The minimum absolute atomic E-state index is 0.0959. The van der Waals surface area contributed by atoms with Crippen molar-refractivity contribution in [1.82, 2.24) is 14.7 Å². The van der Waals surface area contributed by atoms with E-state index in [-0.39, 0.29) is 17.7 Å². The third kappa shape index (κ3) is 3.51. The summed E-state index contributed by atoms with van der Waals surface area (Å²) in [6, 6.07) is 0.320. The van der Waals surface area contributed by atoms with Crippen LogP contribution in [0.3, 0.4) is 0 Å². The Balaban J connectivity index is 2.00. The van der Waals surface area contributed by atoms with Crippen molar-refractivity contribution in [3.05, 3.63) is 0 Å². The molecule has 2 unspecified atom stereocenters. The molecule has 2 saturated heterocycles. The summed E-state index contributed by atoms with van der Waals surface area (Å²) in [6.45, 7) is 2.49. The van der Waals surface area contributed by atoms with Crippen molar-refractivity contribution in [3.8, 4) is 0 Å². The van der Waals surface area contributed by atoms with Crippen LogP contribution in [-0.2, 0) is 9.59 Å². The lowest BCUT2D eigenvalue weighted by molar-refractivity contribution is -0.147. The quantitative estimate of drug-likeness (QED) is 0.768. The van der Waals surface area contributed by atoms with Crippen LogP contribution < -0.4 is 0 Å². The number of likely N-dealkylation sites (tertiary alicyclic amines) is 2. The fraction of sp³-hybridized carbons (Fsp3) is 0.867. The molecule has 2 amide bonds. The zero-order chi connectivity index (χ0) is 14.7. The van der Waals surface area contributed by atoms with Crippen LogP contribution in [0.15, 0.2) is 0 Å². The second kappa shape index (κ2) is 6.57. The third-order valence-corrected chi connectivity index (χ3v) is 4.50. The van der Waals surface area contributed by atoms with Crippen molar-refractivity contribution in [3.63, 3.8) is 0 Å². The van der Waals surface area contributed by atoms with Gasteiger partial charge in [0.15, 0.2) is 0 Å². The zero-order valence-corrected chi connectivity index (χ0v) is 13.0. The molecule has 0 radical (unpaired) electrons. The Kier molecular flexibility index (Phi) is 5.02. The lowest BCUT2D eigenvalue weighted by Crippen LogP contribution is -2.52. The van der Waals surface area contributed by atoms with Crippen LogP contribution in [0.4, 0.5) is 0 Å². The lowest BCUT2D eigenvalue weighted by Gasteiger charge is -2.40. The molecule has 2 atom stereocenters. The standard InChI is InChI=1S/C15H27N3O2/c1-16(2)11-13-6-4-5-8-18(13)15(20)12-7-9-17(3)14(19)10-12/h12-13H,4-11H2,1-3H3. The second-order valence-corrected chi connectivity index (χ2v) is 6.45. The molecule has 0 spiro atoms. The summed E-state index contributed by atoms with van der Waals surface area (Å²) in [5.41, 5.74) is 0. The van der Waals surface area contributed by atoms with E-state index in [4.69, 9.17) is 0 Å². The van der Waals surface area contributed by atoms with Gasteiger partial charge in [0.2, 0.25) is 11.8 Å². The molecule has 5 nitrogen and oxygen atoms in total. The number of nitrogens with zero attached hydrogens (tertiary/aromatic N) is 3. The summed E-state index contributed by atoms with van der Waals surface area (Å²) in [5, 5.41) is 0. The third-order valence-electron chi connectivity index (χ3n) is 4.50. The fourth-order valence-electron chi connectivity index (χ4n) is 3.29. The van der Waals surface area contributed by atoms with Crippen LogP contribution in [-0.4, -0.2) is 73.3 Å². The highest BCUT2D eigenvalue weighted by atomic mass is 16.2. The molecule has 2 heterocycles. The maximum atomic E-state index is 12.7. The molecule has 0 bridgehead atoms.